The second-order valence-electron chi connectivity index (χ2n) is 34.5. The SMILES string of the molecule is c1ccc(-c2cc(-c3ccccc3)nc(-c3ccc4c(c3)C3(c5ccccc5C5(c6ccccc6-c6ccccc65)c5ccccc53)c3c-4ccc4c3oc3ccc(-c5cccc(-c6nc(-c7ccccc7)nc(-c7ccc8c(c7)C7(c9ccccc9C9(c%10ccccc%10-c%10ccccc%109)c9ccccc97)c7c-8ccc8c7oc7ccccc78)n6)c5)cc34)n2)cc1. The van der Waals surface area contributed by atoms with Gasteiger partial charge < -0.3 is 8.83 Å². The highest BCUT2D eigenvalue weighted by molar-refractivity contribution is 6.14. The summed E-state index contributed by atoms with van der Waals surface area (Å²) in [5.41, 5.74) is 38.5. The molecule has 7 heteroatoms. The van der Waals surface area contributed by atoms with E-state index in [1.54, 1.807) is 0 Å². The van der Waals surface area contributed by atoms with Crippen molar-refractivity contribution in [2.75, 3.05) is 0 Å². The predicted octanol–water partition coefficient (Wildman–Crippen LogP) is 28.2. The monoisotopic (exact) mass is 1600 g/mol. The Labute approximate surface area is 725 Å². The Morgan fingerprint density at radius 3 is 0.905 bits per heavy atom. The summed E-state index contributed by atoms with van der Waals surface area (Å²) in [5.74, 6) is 2.34. The van der Waals surface area contributed by atoms with Crippen LogP contribution in [0.3, 0.4) is 0 Å². The van der Waals surface area contributed by atoms with E-state index in [1.807, 2.05) is 6.07 Å². The second-order valence-corrected chi connectivity index (χ2v) is 34.5. The fourth-order valence-electron chi connectivity index (χ4n) is 23.9. The number of hydrogen-bond donors (Lipinski definition) is 0. The molecule has 4 aromatic heterocycles. The van der Waals surface area contributed by atoms with Crippen molar-refractivity contribution in [2.24, 2.45) is 0 Å². The molecule has 0 fully saturated rings. The van der Waals surface area contributed by atoms with Crippen LogP contribution in [0.25, 0.3) is 168 Å². The van der Waals surface area contributed by atoms with Gasteiger partial charge in [-0.25, -0.2) is 24.9 Å². The zero-order valence-corrected chi connectivity index (χ0v) is 67.9. The van der Waals surface area contributed by atoms with E-state index in [0.29, 0.717) is 23.3 Å². The van der Waals surface area contributed by atoms with Crippen molar-refractivity contribution in [2.45, 2.75) is 21.7 Å². The van der Waals surface area contributed by atoms with E-state index >= 15 is 0 Å². The molecule has 0 atom stereocenters. The van der Waals surface area contributed by atoms with E-state index in [-0.39, 0.29) is 0 Å². The normalized spacial score (nSPS) is 14.4. The zero-order valence-electron chi connectivity index (χ0n) is 67.9. The van der Waals surface area contributed by atoms with Gasteiger partial charge in [0.25, 0.3) is 0 Å². The highest BCUT2D eigenvalue weighted by Gasteiger charge is 2.62. The molecule has 0 amide bonds. The molecular formula is C119H69N5O2. The zero-order chi connectivity index (χ0) is 82.3. The summed E-state index contributed by atoms with van der Waals surface area (Å²) >= 11 is 0. The molecule has 0 radical (unpaired) electrons. The molecular weight excluding hydrogens is 1530 g/mol. The van der Waals surface area contributed by atoms with E-state index in [4.69, 9.17) is 33.8 Å². The first-order valence-corrected chi connectivity index (χ1v) is 43.4. The molecule has 0 saturated carbocycles. The fourth-order valence-corrected chi connectivity index (χ4v) is 23.9. The lowest BCUT2D eigenvalue weighted by Gasteiger charge is -2.48. The van der Waals surface area contributed by atoms with Gasteiger partial charge in [-0.05, 0) is 188 Å². The Bertz CT molecular complexity index is 8260. The Morgan fingerprint density at radius 1 is 0.159 bits per heavy atom. The summed E-state index contributed by atoms with van der Waals surface area (Å²) in [6.45, 7) is 0. The Morgan fingerprint density at radius 2 is 0.460 bits per heavy atom. The minimum absolute atomic E-state index is 0.557. The maximum atomic E-state index is 7.69. The Balaban J connectivity index is 0.623. The summed E-state index contributed by atoms with van der Waals surface area (Å²) in [4.78, 5) is 27.7. The lowest BCUT2D eigenvalue weighted by Crippen LogP contribution is -2.43. The molecule has 0 unspecified atom stereocenters. The molecule has 28 rings (SSSR count). The van der Waals surface area contributed by atoms with Crippen LogP contribution in [0.4, 0.5) is 0 Å². The molecule has 7 nitrogen and oxygen atoms in total. The van der Waals surface area contributed by atoms with Crippen LogP contribution in [-0.2, 0) is 21.7 Å². The molecule has 4 heterocycles. The Kier molecular flexibility index (Phi) is 14.1. The molecule has 0 bridgehead atoms. The molecule has 0 aliphatic heterocycles. The van der Waals surface area contributed by atoms with Gasteiger partial charge in [-0.1, -0.05) is 364 Å². The second kappa shape index (κ2) is 25.6. The van der Waals surface area contributed by atoms with E-state index in [1.165, 1.54) is 89.0 Å². The predicted molar refractivity (Wildman–Crippen MR) is 504 cm³/mol. The summed E-state index contributed by atoms with van der Waals surface area (Å²) in [5, 5.41) is 4.21. The first-order valence-electron chi connectivity index (χ1n) is 43.4. The van der Waals surface area contributed by atoms with E-state index in [2.05, 4.69) is 413 Å². The number of para-hydroxylation sites is 1. The minimum atomic E-state index is -0.932. The van der Waals surface area contributed by atoms with Crippen LogP contribution in [-0.4, -0.2) is 24.9 Å². The summed E-state index contributed by atoms with van der Waals surface area (Å²) < 4.78 is 15.0. The highest BCUT2D eigenvalue weighted by atomic mass is 16.3. The average molecular weight is 1600 g/mol. The van der Waals surface area contributed by atoms with Gasteiger partial charge in [-0.3, -0.25) is 0 Å². The topological polar surface area (TPSA) is 90.7 Å². The third-order valence-corrected chi connectivity index (χ3v) is 28.7. The van der Waals surface area contributed by atoms with Crippen LogP contribution in [0.1, 0.15) is 89.0 Å². The number of furan rings is 2. The molecule has 0 N–H and O–H groups in total. The number of nitrogens with zero attached hydrogens (tertiary/aromatic N) is 5. The van der Waals surface area contributed by atoms with Gasteiger partial charge >= 0.3 is 0 Å². The number of aromatic nitrogens is 5. The maximum absolute atomic E-state index is 7.69. The third kappa shape index (κ3) is 8.96. The molecule has 0 saturated heterocycles. The Hall–Kier alpha value is -16.4. The lowest BCUT2D eigenvalue weighted by molar-refractivity contribution is 0.614. The minimum Gasteiger partial charge on any atom is -0.456 e. The number of hydrogen-bond acceptors (Lipinski definition) is 7. The van der Waals surface area contributed by atoms with Gasteiger partial charge in [0.2, 0.25) is 0 Å². The van der Waals surface area contributed by atoms with E-state index < -0.39 is 21.7 Å². The maximum Gasteiger partial charge on any atom is 0.164 e. The van der Waals surface area contributed by atoms with Crippen LogP contribution in [0.5, 0.6) is 0 Å². The van der Waals surface area contributed by atoms with Gasteiger partial charge in [0, 0.05) is 66.1 Å². The largest absolute Gasteiger partial charge is 0.456 e. The van der Waals surface area contributed by atoms with E-state index in [9.17, 15) is 0 Å². The number of rotatable bonds is 7. The fraction of sp³-hybridized carbons (Fsp3) is 0.0336. The first-order chi connectivity index (χ1) is 62.4. The van der Waals surface area contributed by atoms with Crippen molar-refractivity contribution in [1.29, 1.82) is 0 Å². The van der Waals surface area contributed by atoms with Crippen molar-refractivity contribution in [1.82, 2.24) is 24.9 Å². The van der Waals surface area contributed by atoms with Crippen LogP contribution in [0.2, 0.25) is 0 Å². The molecule has 4 spiro atoms. The standard InChI is InChI=1S/C119H69N5O2/c1-4-29-70(30-5-1)104-69-105(71-31-6-2-7-32-71)121-113(120-104)76-55-58-82-86-61-63-88-89-66-74(57-64-107(89)126-111(88)109(86)119(102(82)67-76)100-52-25-21-48-96(100)117(97-49-22-26-53-101(97)119)92-44-17-12-39-80(92)81-40-13-18-45-93(81)117)73-35-28-36-75(65-73)114-122-112(72-33-8-3-9-34-72)123-115(124-114)77-56-59-83-85-60-62-87-84-41-14-27-54-106(84)125-110(87)108(85)118(103(83)68-77)98-50-23-19-46-94(98)116(95-47-20-24-51-99(95)118)90-42-15-10-37-78(90)79-38-11-16-43-91(79)116/h1-69H. The van der Waals surface area contributed by atoms with Crippen LogP contribution < -0.4 is 0 Å². The van der Waals surface area contributed by atoms with Gasteiger partial charge in [-0.15, -0.1) is 0 Å². The summed E-state index contributed by atoms with van der Waals surface area (Å²) in [7, 11) is 0. The molecule has 126 heavy (non-hydrogen) atoms. The third-order valence-electron chi connectivity index (χ3n) is 28.7. The quantitative estimate of drug-likeness (QED) is 0.157. The molecule has 22 aromatic rings. The van der Waals surface area contributed by atoms with Crippen molar-refractivity contribution in [3.8, 4) is 124 Å². The van der Waals surface area contributed by atoms with Crippen LogP contribution in [0.15, 0.2) is 427 Å². The lowest BCUT2D eigenvalue weighted by atomic mass is 9.52. The molecule has 18 aromatic carbocycles. The average Bonchev–Trinajstić information content (AvgIpc) is 1.46. The smallest absolute Gasteiger partial charge is 0.164 e. The van der Waals surface area contributed by atoms with Gasteiger partial charge in [0.1, 0.15) is 22.3 Å². The van der Waals surface area contributed by atoms with Gasteiger partial charge in [0.15, 0.2) is 23.3 Å². The van der Waals surface area contributed by atoms with Crippen LogP contribution >= 0.6 is 0 Å². The first kappa shape index (κ1) is 69.3. The summed E-state index contributed by atoms with van der Waals surface area (Å²) in [6.07, 6.45) is 0. The van der Waals surface area contributed by atoms with Crippen molar-refractivity contribution in [3.05, 3.63) is 508 Å². The van der Waals surface area contributed by atoms with Gasteiger partial charge in [-0.2, -0.15) is 0 Å². The number of fused-ring (bicyclic) bond motifs is 40. The van der Waals surface area contributed by atoms with E-state index in [0.717, 1.165) is 144 Å². The molecule has 582 valence electrons. The molecule has 6 aliphatic carbocycles. The van der Waals surface area contributed by atoms with Crippen LogP contribution in [0, 0.1) is 0 Å². The molecule has 6 aliphatic rings. The van der Waals surface area contributed by atoms with Crippen molar-refractivity contribution >= 4 is 43.9 Å². The summed E-state index contributed by atoms with van der Waals surface area (Å²) in [6, 6.07) is 154. The van der Waals surface area contributed by atoms with Crippen molar-refractivity contribution in [3.63, 3.8) is 0 Å². The van der Waals surface area contributed by atoms with Crippen molar-refractivity contribution < 1.29 is 8.83 Å². The van der Waals surface area contributed by atoms with Gasteiger partial charge in [0.05, 0.1) is 33.0 Å². The number of benzene rings is 18. The highest BCUT2D eigenvalue weighted by Crippen LogP contribution is 2.72.